The third-order valence-electron chi connectivity index (χ3n) is 2.40. The van der Waals surface area contributed by atoms with Crippen molar-refractivity contribution in [2.45, 2.75) is 6.92 Å². The lowest BCUT2D eigenvalue weighted by Crippen LogP contribution is -1.89. The monoisotopic (exact) mass is 231 g/mol. The van der Waals surface area contributed by atoms with Crippen molar-refractivity contribution in [1.82, 2.24) is 19.8 Å². The summed E-state index contributed by atoms with van der Waals surface area (Å²) in [5, 5.41) is 13.0. The maximum absolute atomic E-state index is 5.78. The molecule has 2 heterocycles. The van der Waals surface area contributed by atoms with Gasteiger partial charge in [-0.3, -0.25) is 0 Å². The molecule has 0 bridgehead atoms. The fourth-order valence-electron chi connectivity index (χ4n) is 1.49. The van der Waals surface area contributed by atoms with E-state index in [1.807, 2.05) is 25.1 Å². The van der Waals surface area contributed by atoms with Crippen molar-refractivity contribution in [1.29, 1.82) is 0 Å². The Balaban J connectivity index is 2.15. The molecule has 0 aliphatic heterocycles. The van der Waals surface area contributed by atoms with Crippen molar-refractivity contribution in [2.24, 2.45) is 0 Å². The molecule has 0 spiro atoms. The number of hydrogen-bond donors (Lipinski definition) is 1. The topological polar surface area (TPSA) is 69.1 Å². The van der Waals surface area contributed by atoms with Crippen molar-refractivity contribution in [3.63, 3.8) is 0 Å². The fraction of sp³-hybridized carbons (Fsp3) is 0.100. The van der Waals surface area contributed by atoms with Gasteiger partial charge in [-0.15, -0.1) is 10.2 Å². The van der Waals surface area contributed by atoms with E-state index in [2.05, 4.69) is 15.3 Å². The van der Waals surface area contributed by atoms with Gasteiger partial charge in [0, 0.05) is 11.3 Å². The third-order valence-corrected chi connectivity index (χ3v) is 3.37. The highest BCUT2D eigenvalue weighted by Crippen LogP contribution is 2.26. The molecule has 0 aliphatic rings. The van der Waals surface area contributed by atoms with Gasteiger partial charge >= 0.3 is 0 Å². The van der Waals surface area contributed by atoms with Gasteiger partial charge in [-0.05, 0) is 30.7 Å². The first-order chi connectivity index (χ1) is 7.74. The van der Waals surface area contributed by atoms with Gasteiger partial charge in [0.05, 0.1) is 0 Å². The first-order valence-electron chi connectivity index (χ1n) is 4.77. The van der Waals surface area contributed by atoms with E-state index < -0.39 is 0 Å². The summed E-state index contributed by atoms with van der Waals surface area (Å²) in [6.45, 7) is 1.99. The minimum atomic E-state index is 0.796. The number of hydrogen-bond acceptors (Lipinski definition) is 5. The summed E-state index contributed by atoms with van der Waals surface area (Å²) in [7, 11) is 0. The van der Waals surface area contributed by atoms with Crippen LogP contribution in [-0.2, 0) is 0 Å². The first kappa shape index (κ1) is 9.29. The van der Waals surface area contributed by atoms with E-state index in [0.717, 1.165) is 26.8 Å². The smallest absolute Gasteiger partial charge is 0.234 e. The predicted molar refractivity (Wildman–Crippen MR) is 63.2 cm³/mol. The molecule has 2 aromatic heterocycles. The van der Waals surface area contributed by atoms with E-state index >= 15 is 0 Å². The Labute approximate surface area is 95.5 Å². The Hall–Kier alpha value is -1.95. The van der Waals surface area contributed by atoms with Gasteiger partial charge in [0.25, 0.3) is 0 Å². The standard InChI is InChI=1S/C10H9N5S/c1-6-4-7(2-3-8(6)11)9-14-15-5-12-13-10(15)16-9/h2-5H,11H2,1H3. The minimum Gasteiger partial charge on any atom is -0.399 e. The number of nitrogens with zero attached hydrogens (tertiary/aromatic N) is 4. The van der Waals surface area contributed by atoms with Gasteiger partial charge in [0.15, 0.2) is 0 Å². The fourth-order valence-corrected chi connectivity index (χ4v) is 2.30. The van der Waals surface area contributed by atoms with E-state index in [4.69, 9.17) is 5.73 Å². The van der Waals surface area contributed by atoms with Crippen molar-refractivity contribution in [3.05, 3.63) is 30.1 Å². The summed E-state index contributed by atoms with van der Waals surface area (Å²) in [5.41, 5.74) is 8.69. The number of rotatable bonds is 1. The number of benzene rings is 1. The Morgan fingerprint density at radius 2 is 2.25 bits per heavy atom. The summed E-state index contributed by atoms with van der Waals surface area (Å²) >= 11 is 1.51. The maximum Gasteiger partial charge on any atom is 0.234 e. The van der Waals surface area contributed by atoms with E-state index in [1.54, 1.807) is 10.8 Å². The lowest BCUT2D eigenvalue weighted by Gasteiger charge is -2.01. The van der Waals surface area contributed by atoms with Crippen LogP contribution in [0, 0.1) is 6.92 Å². The van der Waals surface area contributed by atoms with E-state index in [9.17, 15) is 0 Å². The predicted octanol–water partition coefficient (Wildman–Crippen LogP) is 1.74. The molecule has 0 unspecified atom stereocenters. The molecule has 0 saturated carbocycles. The van der Waals surface area contributed by atoms with Crippen LogP contribution in [0.3, 0.4) is 0 Å². The largest absolute Gasteiger partial charge is 0.399 e. The van der Waals surface area contributed by atoms with Gasteiger partial charge < -0.3 is 5.73 Å². The minimum absolute atomic E-state index is 0.796. The second-order valence-corrected chi connectivity index (χ2v) is 4.49. The molecule has 16 heavy (non-hydrogen) atoms. The summed E-state index contributed by atoms with van der Waals surface area (Å²) < 4.78 is 1.67. The molecule has 80 valence electrons. The SMILES string of the molecule is Cc1cc(-c2nn3cnnc3s2)ccc1N. The maximum atomic E-state index is 5.78. The van der Waals surface area contributed by atoms with Crippen molar-refractivity contribution < 1.29 is 0 Å². The molecule has 0 radical (unpaired) electrons. The number of aromatic nitrogens is 4. The molecule has 3 rings (SSSR count). The number of aryl methyl sites for hydroxylation is 1. The second-order valence-electron chi connectivity index (χ2n) is 3.54. The summed E-state index contributed by atoms with van der Waals surface area (Å²) in [6.07, 6.45) is 1.60. The first-order valence-corrected chi connectivity index (χ1v) is 5.59. The van der Waals surface area contributed by atoms with Crippen molar-refractivity contribution in [2.75, 3.05) is 5.73 Å². The normalized spacial score (nSPS) is 11.1. The molecule has 5 nitrogen and oxygen atoms in total. The molecule has 0 saturated heterocycles. The molecular formula is C10H9N5S. The van der Waals surface area contributed by atoms with Gasteiger partial charge in [-0.25, -0.2) is 0 Å². The highest BCUT2D eigenvalue weighted by molar-refractivity contribution is 7.19. The van der Waals surface area contributed by atoms with Crippen LogP contribution >= 0.6 is 11.3 Å². The number of nitrogens with two attached hydrogens (primary N) is 1. The van der Waals surface area contributed by atoms with Gasteiger partial charge in [0.2, 0.25) is 4.96 Å². The van der Waals surface area contributed by atoms with Crippen LogP contribution in [0.1, 0.15) is 5.56 Å². The molecule has 0 fully saturated rings. The Morgan fingerprint density at radius 1 is 1.38 bits per heavy atom. The number of anilines is 1. The molecule has 0 atom stereocenters. The zero-order valence-corrected chi connectivity index (χ0v) is 9.40. The van der Waals surface area contributed by atoms with Crippen LogP contribution in [0.2, 0.25) is 0 Å². The summed E-state index contributed by atoms with van der Waals surface area (Å²) in [6, 6.07) is 5.89. The van der Waals surface area contributed by atoms with Crippen LogP contribution in [0.4, 0.5) is 5.69 Å². The molecule has 1 aromatic carbocycles. The lowest BCUT2D eigenvalue weighted by molar-refractivity contribution is 0.960. The lowest BCUT2D eigenvalue weighted by atomic mass is 10.1. The third kappa shape index (κ3) is 1.35. The van der Waals surface area contributed by atoms with Gasteiger partial charge in [0.1, 0.15) is 11.3 Å². The van der Waals surface area contributed by atoms with Crippen LogP contribution in [0.25, 0.3) is 15.5 Å². The van der Waals surface area contributed by atoms with Crippen LogP contribution in [0.15, 0.2) is 24.5 Å². The Bertz CT molecular complexity index is 626. The van der Waals surface area contributed by atoms with Gasteiger partial charge in [-0.1, -0.05) is 11.3 Å². The van der Waals surface area contributed by atoms with Crippen molar-refractivity contribution >= 4 is 22.0 Å². The molecule has 3 aromatic rings. The number of fused-ring (bicyclic) bond motifs is 1. The summed E-state index contributed by atoms with van der Waals surface area (Å²) in [5.74, 6) is 0. The molecular weight excluding hydrogens is 222 g/mol. The Morgan fingerprint density at radius 3 is 3.00 bits per heavy atom. The molecule has 6 heteroatoms. The average Bonchev–Trinajstić information content (AvgIpc) is 2.81. The Kier molecular flexibility index (Phi) is 1.90. The second kappa shape index (κ2) is 3.28. The average molecular weight is 231 g/mol. The zero-order valence-electron chi connectivity index (χ0n) is 8.58. The van der Waals surface area contributed by atoms with Gasteiger partial charge in [-0.2, -0.15) is 9.61 Å². The van der Waals surface area contributed by atoms with E-state index in [0.29, 0.717) is 0 Å². The van der Waals surface area contributed by atoms with Crippen LogP contribution in [0.5, 0.6) is 0 Å². The number of nitrogen functional groups attached to an aromatic ring is 1. The van der Waals surface area contributed by atoms with Crippen LogP contribution in [-0.4, -0.2) is 19.8 Å². The zero-order chi connectivity index (χ0) is 11.1. The molecule has 0 amide bonds. The molecule has 0 aliphatic carbocycles. The highest BCUT2D eigenvalue weighted by atomic mass is 32.1. The van der Waals surface area contributed by atoms with E-state index in [1.165, 1.54) is 11.3 Å². The summed E-state index contributed by atoms with van der Waals surface area (Å²) in [4.78, 5) is 0.796. The van der Waals surface area contributed by atoms with Crippen molar-refractivity contribution in [3.8, 4) is 10.6 Å². The van der Waals surface area contributed by atoms with E-state index in [-0.39, 0.29) is 0 Å². The highest BCUT2D eigenvalue weighted by Gasteiger charge is 2.08. The quantitative estimate of drug-likeness (QED) is 0.648. The van der Waals surface area contributed by atoms with Crippen LogP contribution < -0.4 is 5.73 Å². The molecule has 2 N–H and O–H groups in total.